The number of nitrogens with one attached hydrogen (secondary N) is 1. The van der Waals surface area contributed by atoms with Crippen molar-refractivity contribution >= 4 is 22.8 Å². The Balaban J connectivity index is 2.37. The minimum Gasteiger partial charge on any atom is -0.505 e. The van der Waals surface area contributed by atoms with Gasteiger partial charge < -0.3 is 20.3 Å². The van der Waals surface area contributed by atoms with Gasteiger partial charge in [0.1, 0.15) is 18.0 Å². The first-order chi connectivity index (χ1) is 14.4. The molecule has 1 heterocycles. The molecule has 0 aliphatic carbocycles. The molecule has 2 rings (SSSR count). The Morgan fingerprint density at radius 2 is 1.56 bits per heavy atom. The van der Waals surface area contributed by atoms with E-state index < -0.39 is 59.7 Å². The number of rotatable bonds is 7. The molecule has 1 aromatic carbocycles. The maximum Gasteiger partial charge on any atom is 0.471 e. The molecular formula is C16H9F9N2O5. The SMILES string of the molecule is O=C(O)CNC(=O)c1nc2ccc(OC(F)(F)C(F)(F)C(F)(F)C(F)(F)F)cc2cc1O. The van der Waals surface area contributed by atoms with Gasteiger partial charge in [0.2, 0.25) is 0 Å². The van der Waals surface area contributed by atoms with Crippen molar-refractivity contribution in [2.45, 2.75) is 24.1 Å². The van der Waals surface area contributed by atoms with E-state index in [0.29, 0.717) is 18.2 Å². The van der Waals surface area contributed by atoms with Crippen LogP contribution in [0.1, 0.15) is 10.5 Å². The molecule has 7 nitrogen and oxygen atoms in total. The third kappa shape index (κ3) is 4.43. The Kier molecular flexibility index (Phi) is 6.13. The highest BCUT2D eigenvalue weighted by Crippen LogP contribution is 2.53. The molecule has 0 radical (unpaired) electrons. The molecule has 0 unspecified atom stereocenters. The first-order valence-corrected chi connectivity index (χ1v) is 7.93. The number of amides is 1. The summed E-state index contributed by atoms with van der Waals surface area (Å²) in [6.45, 7) is -0.851. The van der Waals surface area contributed by atoms with Gasteiger partial charge in [-0.2, -0.15) is 39.5 Å². The van der Waals surface area contributed by atoms with Crippen molar-refractivity contribution in [2.75, 3.05) is 6.54 Å². The highest BCUT2D eigenvalue weighted by Gasteiger charge is 2.83. The van der Waals surface area contributed by atoms with Crippen molar-refractivity contribution in [2.24, 2.45) is 0 Å². The Labute approximate surface area is 170 Å². The van der Waals surface area contributed by atoms with Gasteiger partial charge in [-0.3, -0.25) is 9.59 Å². The van der Waals surface area contributed by atoms with E-state index in [0.717, 1.165) is 6.07 Å². The molecule has 0 saturated heterocycles. The number of pyridine rings is 1. The predicted octanol–water partition coefficient (Wildman–Crippen LogP) is 3.56. The van der Waals surface area contributed by atoms with E-state index in [4.69, 9.17) is 5.11 Å². The van der Waals surface area contributed by atoms with Crippen molar-refractivity contribution in [3.63, 3.8) is 0 Å². The summed E-state index contributed by atoms with van der Waals surface area (Å²) in [6.07, 6.45) is -13.3. The maximum absolute atomic E-state index is 13.6. The normalized spacial score (nSPS) is 13.2. The number of hydrogen-bond donors (Lipinski definition) is 3. The average molecular weight is 480 g/mol. The lowest BCUT2D eigenvalue weighted by Crippen LogP contribution is -2.62. The molecular weight excluding hydrogens is 471 g/mol. The molecule has 0 spiro atoms. The third-order valence-electron chi connectivity index (χ3n) is 3.74. The van der Waals surface area contributed by atoms with E-state index in [9.17, 15) is 54.2 Å². The van der Waals surface area contributed by atoms with E-state index >= 15 is 0 Å². The molecule has 0 saturated carbocycles. The maximum atomic E-state index is 13.6. The number of aromatic hydroxyl groups is 1. The highest BCUT2D eigenvalue weighted by atomic mass is 19.4. The number of alkyl halides is 9. The zero-order valence-corrected chi connectivity index (χ0v) is 15.0. The smallest absolute Gasteiger partial charge is 0.471 e. The Morgan fingerprint density at radius 3 is 2.09 bits per heavy atom. The quantitative estimate of drug-likeness (QED) is 0.524. The van der Waals surface area contributed by atoms with Gasteiger partial charge in [0.15, 0.2) is 5.69 Å². The summed E-state index contributed by atoms with van der Waals surface area (Å²) >= 11 is 0. The standard InChI is InChI=1S/C16H9F9N2O5/c17-13(18,15(21,22)23)14(19,20)16(24,25)32-7-1-2-8-6(3-7)4-9(28)11(27-8)12(31)26-5-10(29)30/h1-4,28H,5H2,(H,26,31)(H,29,30). The summed E-state index contributed by atoms with van der Waals surface area (Å²) in [5, 5.41) is 19.8. The van der Waals surface area contributed by atoms with Gasteiger partial charge in [-0.25, -0.2) is 4.98 Å². The first kappa shape index (κ1) is 24.8. The van der Waals surface area contributed by atoms with Crippen LogP contribution in [-0.2, 0) is 4.79 Å². The van der Waals surface area contributed by atoms with Gasteiger partial charge in [-0.1, -0.05) is 0 Å². The van der Waals surface area contributed by atoms with Crippen LogP contribution in [0.2, 0.25) is 0 Å². The van der Waals surface area contributed by atoms with Crippen molar-refractivity contribution < 1.29 is 64.1 Å². The Morgan fingerprint density at radius 1 is 0.969 bits per heavy atom. The second-order valence-corrected chi connectivity index (χ2v) is 6.05. The molecule has 1 amide bonds. The van der Waals surface area contributed by atoms with Gasteiger partial charge in [0.25, 0.3) is 5.91 Å². The molecule has 16 heteroatoms. The molecule has 0 atom stereocenters. The lowest BCUT2D eigenvalue weighted by Gasteiger charge is -2.33. The fraction of sp³-hybridized carbons (Fsp3) is 0.312. The van der Waals surface area contributed by atoms with Crippen LogP contribution in [0, 0.1) is 0 Å². The van der Waals surface area contributed by atoms with Crippen molar-refractivity contribution in [1.29, 1.82) is 0 Å². The van der Waals surface area contributed by atoms with Crippen LogP contribution in [0.15, 0.2) is 24.3 Å². The van der Waals surface area contributed by atoms with Crippen LogP contribution in [0.25, 0.3) is 10.9 Å². The minimum atomic E-state index is -7.14. The number of halogens is 9. The predicted molar refractivity (Wildman–Crippen MR) is 84.9 cm³/mol. The fourth-order valence-corrected chi connectivity index (χ4v) is 2.19. The Bertz CT molecular complexity index is 1060. The van der Waals surface area contributed by atoms with Crippen LogP contribution in [0.5, 0.6) is 11.5 Å². The summed E-state index contributed by atoms with van der Waals surface area (Å²) < 4.78 is 119. The summed E-state index contributed by atoms with van der Waals surface area (Å²) in [4.78, 5) is 25.8. The number of hydrogen-bond acceptors (Lipinski definition) is 5. The number of benzene rings is 1. The number of nitrogens with zero attached hydrogens (tertiary/aromatic N) is 1. The van der Waals surface area contributed by atoms with Crippen LogP contribution < -0.4 is 10.1 Å². The molecule has 1 aromatic heterocycles. The number of ether oxygens (including phenoxy) is 1. The average Bonchev–Trinajstić information content (AvgIpc) is 2.63. The molecule has 0 aliphatic heterocycles. The summed E-state index contributed by atoms with van der Waals surface area (Å²) in [5.41, 5.74) is -0.986. The molecule has 0 bridgehead atoms. The third-order valence-corrected chi connectivity index (χ3v) is 3.74. The number of aliphatic carboxylic acids is 1. The molecule has 0 fully saturated rings. The molecule has 3 N–H and O–H groups in total. The summed E-state index contributed by atoms with van der Waals surface area (Å²) in [7, 11) is 0. The number of carboxylic acids is 1. The van der Waals surface area contributed by atoms with E-state index in [2.05, 4.69) is 9.72 Å². The van der Waals surface area contributed by atoms with Crippen molar-refractivity contribution in [3.8, 4) is 11.5 Å². The molecule has 176 valence electrons. The lowest BCUT2D eigenvalue weighted by molar-refractivity contribution is -0.428. The minimum absolute atomic E-state index is 0.272. The number of fused-ring (bicyclic) bond motifs is 1. The van der Waals surface area contributed by atoms with E-state index in [-0.39, 0.29) is 10.9 Å². The summed E-state index contributed by atoms with van der Waals surface area (Å²) in [6, 6.07) is 2.29. The molecule has 32 heavy (non-hydrogen) atoms. The second kappa shape index (κ2) is 7.90. The van der Waals surface area contributed by atoms with Gasteiger partial charge in [0, 0.05) is 5.39 Å². The van der Waals surface area contributed by atoms with Gasteiger partial charge >= 0.3 is 30.1 Å². The van der Waals surface area contributed by atoms with Crippen LogP contribution in [0.4, 0.5) is 39.5 Å². The van der Waals surface area contributed by atoms with E-state index in [1.165, 1.54) is 0 Å². The molecule has 2 aromatic rings. The van der Waals surface area contributed by atoms with Crippen LogP contribution >= 0.6 is 0 Å². The first-order valence-electron chi connectivity index (χ1n) is 7.93. The summed E-state index contributed by atoms with van der Waals surface area (Å²) in [5.74, 6) is -19.0. The zero-order chi connectivity index (χ0) is 24.7. The number of aromatic nitrogens is 1. The fourth-order valence-electron chi connectivity index (χ4n) is 2.19. The van der Waals surface area contributed by atoms with E-state index in [1.54, 1.807) is 0 Å². The lowest BCUT2D eigenvalue weighted by atomic mass is 10.1. The number of carboxylic acid groups (broad SMARTS) is 1. The van der Waals surface area contributed by atoms with Crippen molar-refractivity contribution in [3.05, 3.63) is 30.0 Å². The number of carbonyl (C=O) groups excluding carboxylic acids is 1. The van der Waals surface area contributed by atoms with Gasteiger partial charge in [0.05, 0.1) is 5.52 Å². The van der Waals surface area contributed by atoms with Gasteiger partial charge in [-0.05, 0) is 24.3 Å². The zero-order valence-electron chi connectivity index (χ0n) is 15.0. The molecule has 0 aliphatic rings. The van der Waals surface area contributed by atoms with Crippen LogP contribution in [-0.4, -0.2) is 57.7 Å². The largest absolute Gasteiger partial charge is 0.505 e. The monoisotopic (exact) mass is 480 g/mol. The van der Waals surface area contributed by atoms with Gasteiger partial charge in [-0.15, -0.1) is 0 Å². The second-order valence-electron chi connectivity index (χ2n) is 6.05. The highest BCUT2D eigenvalue weighted by molar-refractivity contribution is 5.99. The Hall–Kier alpha value is -3.46. The number of carbonyl (C=O) groups is 2. The topological polar surface area (TPSA) is 109 Å². The van der Waals surface area contributed by atoms with E-state index in [1.807, 2.05) is 5.32 Å². The van der Waals surface area contributed by atoms with Crippen molar-refractivity contribution in [1.82, 2.24) is 10.3 Å². The van der Waals surface area contributed by atoms with Crippen LogP contribution in [0.3, 0.4) is 0 Å².